The van der Waals surface area contributed by atoms with Gasteiger partial charge in [0.15, 0.2) is 0 Å². The first-order valence-corrected chi connectivity index (χ1v) is 7.27. The zero-order valence-corrected chi connectivity index (χ0v) is 12.9. The Kier molecular flexibility index (Phi) is 5.63. The molecular weight excluding hydrogens is 337 g/mol. The van der Waals surface area contributed by atoms with Crippen LogP contribution in [0.4, 0.5) is 23.7 Å². The van der Waals surface area contributed by atoms with E-state index in [0.29, 0.717) is 5.56 Å². The van der Waals surface area contributed by atoms with Crippen LogP contribution in [-0.2, 0) is 17.4 Å². The molecule has 0 radical (unpaired) electrons. The Morgan fingerprint density at radius 2 is 1.72 bits per heavy atom. The Hall–Kier alpha value is -3.03. The summed E-state index contributed by atoms with van der Waals surface area (Å²) in [6.07, 6.45) is -4.49. The zero-order chi connectivity index (χ0) is 18.4. The maximum absolute atomic E-state index is 12.7. The van der Waals surface area contributed by atoms with Crippen molar-refractivity contribution in [1.82, 2.24) is 5.32 Å². The molecule has 0 saturated heterocycles. The van der Waals surface area contributed by atoms with Crippen LogP contribution in [0.1, 0.15) is 11.1 Å². The van der Waals surface area contributed by atoms with E-state index in [9.17, 15) is 27.9 Å². The number of halogens is 3. The monoisotopic (exact) mass is 352 g/mol. The molecule has 25 heavy (non-hydrogen) atoms. The van der Waals surface area contributed by atoms with Gasteiger partial charge in [0.1, 0.15) is 6.04 Å². The lowest BCUT2D eigenvalue weighted by molar-refractivity contribution is -0.139. The highest BCUT2D eigenvalue weighted by molar-refractivity contribution is 5.92. The lowest BCUT2D eigenvalue weighted by Gasteiger charge is -2.16. The fourth-order valence-electron chi connectivity index (χ4n) is 2.15. The first-order valence-electron chi connectivity index (χ1n) is 7.27. The highest BCUT2D eigenvalue weighted by Crippen LogP contribution is 2.30. The van der Waals surface area contributed by atoms with E-state index in [1.165, 1.54) is 6.07 Å². The van der Waals surface area contributed by atoms with Crippen molar-refractivity contribution in [2.24, 2.45) is 0 Å². The second kappa shape index (κ2) is 7.69. The summed E-state index contributed by atoms with van der Waals surface area (Å²) < 4.78 is 38.0. The van der Waals surface area contributed by atoms with Gasteiger partial charge in [0, 0.05) is 12.1 Å². The molecule has 2 aromatic rings. The molecule has 132 valence electrons. The molecule has 0 unspecified atom stereocenters. The topological polar surface area (TPSA) is 78.4 Å². The van der Waals surface area contributed by atoms with Crippen molar-refractivity contribution >= 4 is 17.7 Å². The number of amides is 2. The Bertz CT molecular complexity index is 748. The second-order valence-electron chi connectivity index (χ2n) is 5.26. The molecule has 5 nitrogen and oxygen atoms in total. The van der Waals surface area contributed by atoms with E-state index in [4.69, 9.17) is 0 Å². The summed E-state index contributed by atoms with van der Waals surface area (Å²) in [6, 6.07) is 10.6. The van der Waals surface area contributed by atoms with Gasteiger partial charge in [-0.2, -0.15) is 13.2 Å². The number of nitrogens with one attached hydrogen (secondary N) is 2. The summed E-state index contributed by atoms with van der Waals surface area (Å²) in [7, 11) is 0. The van der Waals surface area contributed by atoms with Gasteiger partial charge >= 0.3 is 18.2 Å². The molecule has 8 heteroatoms. The highest BCUT2D eigenvalue weighted by atomic mass is 19.4. The summed E-state index contributed by atoms with van der Waals surface area (Å²) >= 11 is 0. The maximum Gasteiger partial charge on any atom is 0.416 e. The van der Waals surface area contributed by atoms with E-state index in [1.807, 2.05) is 0 Å². The van der Waals surface area contributed by atoms with Gasteiger partial charge in [-0.25, -0.2) is 9.59 Å². The third kappa shape index (κ3) is 5.52. The van der Waals surface area contributed by atoms with Crippen LogP contribution in [0.15, 0.2) is 54.6 Å². The van der Waals surface area contributed by atoms with Crippen LogP contribution < -0.4 is 10.6 Å². The summed E-state index contributed by atoms with van der Waals surface area (Å²) in [5.74, 6) is -1.25. The average molecular weight is 352 g/mol. The SMILES string of the molecule is O=C(Nc1cccc(C(F)(F)F)c1)N[C@@H](Cc1ccccc1)C(=O)O. The van der Waals surface area contributed by atoms with Crippen LogP contribution in [0, 0.1) is 0 Å². The van der Waals surface area contributed by atoms with Crippen LogP contribution in [0.25, 0.3) is 0 Å². The van der Waals surface area contributed by atoms with E-state index in [2.05, 4.69) is 10.6 Å². The Morgan fingerprint density at radius 3 is 2.32 bits per heavy atom. The van der Waals surface area contributed by atoms with E-state index < -0.39 is 29.8 Å². The van der Waals surface area contributed by atoms with Crippen molar-refractivity contribution in [1.29, 1.82) is 0 Å². The molecule has 0 fully saturated rings. The summed E-state index contributed by atoms with van der Waals surface area (Å²) in [5.41, 5.74) is -0.296. The van der Waals surface area contributed by atoms with Crippen LogP contribution in [0.3, 0.4) is 0 Å². The Labute approximate surface area is 141 Å². The molecule has 2 rings (SSSR count). The molecule has 0 spiro atoms. The van der Waals surface area contributed by atoms with Gasteiger partial charge < -0.3 is 15.7 Å². The molecule has 0 heterocycles. The predicted octanol–water partition coefficient (Wildman–Crippen LogP) is 3.52. The Morgan fingerprint density at radius 1 is 1.04 bits per heavy atom. The number of hydrogen-bond donors (Lipinski definition) is 3. The molecule has 2 amide bonds. The number of hydrogen-bond acceptors (Lipinski definition) is 2. The molecule has 0 aliphatic heterocycles. The number of urea groups is 1. The minimum atomic E-state index is -4.54. The summed E-state index contributed by atoms with van der Waals surface area (Å²) in [5, 5.41) is 13.7. The van der Waals surface area contributed by atoms with Crippen LogP contribution in [-0.4, -0.2) is 23.1 Å². The first kappa shape index (κ1) is 18.3. The molecular formula is C17H15F3N2O3. The number of carboxylic acids is 1. The molecule has 0 aromatic heterocycles. The van der Waals surface area contributed by atoms with E-state index in [0.717, 1.165) is 18.2 Å². The van der Waals surface area contributed by atoms with Gasteiger partial charge in [-0.3, -0.25) is 0 Å². The van der Waals surface area contributed by atoms with Gasteiger partial charge in [-0.1, -0.05) is 36.4 Å². The van der Waals surface area contributed by atoms with E-state index in [-0.39, 0.29) is 12.1 Å². The third-order valence-corrected chi connectivity index (χ3v) is 3.33. The van der Waals surface area contributed by atoms with Gasteiger partial charge in [-0.15, -0.1) is 0 Å². The van der Waals surface area contributed by atoms with Gasteiger partial charge in [0.25, 0.3) is 0 Å². The summed E-state index contributed by atoms with van der Waals surface area (Å²) in [6.45, 7) is 0. The van der Waals surface area contributed by atoms with E-state index in [1.54, 1.807) is 30.3 Å². The van der Waals surface area contributed by atoms with Crippen molar-refractivity contribution in [2.45, 2.75) is 18.6 Å². The van der Waals surface area contributed by atoms with Gasteiger partial charge in [-0.05, 0) is 23.8 Å². The van der Waals surface area contributed by atoms with Gasteiger partial charge in [0.2, 0.25) is 0 Å². The molecule has 0 saturated carbocycles. The van der Waals surface area contributed by atoms with Crippen molar-refractivity contribution < 1.29 is 27.9 Å². The predicted molar refractivity (Wildman–Crippen MR) is 85.2 cm³/mol. The van der Waals surface area contributed by atoms with Crippen LogP contribution in [0.5, 0.6) is 0 Å². The van der Waals surface area contributed by atoms with Crippen LogP contribution in [0.2, 0.25) is 0 Å². The van der Waals surface area contributed by atoms with E-state index >= 15 is 0 Å². The minimum Gasteiger partial charge on any atom is -0.480 e. The molecule has 2 aromatic carbocycles. The molecule has 0 bridgehead atoms. The standard InChI is InChI=1S/C17H15F3N2O3/c18-17(19,20)12-7-4-8-13(10-12)21-16(25)22-14(15(23)24)9-11-5-2-1-3-6-11/h1-8,10,14H,9H2,(H,23,24)(H2,21,22,25)/t14-/m0/s1. The third-order valence-electron chi connectivity index (χ3n) is 3.33. The molecule has 1 atom stereocenters. The molecule has 0 aliphatic carbocycles. The number of aliphatic carboxylic acids is 1. The first-order chi connectivity index (χ1) is 11.8. The summed E-state index contributed by atoms with van der Waals surface area (Å²) in [4.78, 5) is 23.2. The molecule has 0 aliphatic rings. The normalized spacial score (nSPS) is 12.3. The largest absolute Gasteiger partial charge is 0.480 e. The second-order valence-corrected chi connectivity index (χ2v) is 5.26. The highest BCUT2D eigenvalue weighted by Gasteiger charge is 2.30. The number of carbonyl (C=O) groups excluding carboxylic acids is 1. The maximum atomic E-state index is 12.7. The fourth-order valence-corrected chi connectivity index (χ4v) is 2.15. The lowest BCUT2D eigenvalue weighted by atomic mass is 10.1. The fraction of sp³-hybridized carbons (Fsp3) is 0.176. The lowest BCUT2D eigenvalue weighted by Crippen LogP contribution is -2.44. The van der Waals surface area contributed by atoms with Crippen molar-refractivity contribution in [3.05, 3.63) is 65.7 Å². The number of anilines is 1. The van der Waals surface area contributed by atoms with Gasteiger partial charge in [0.05, 0.1) is 5.56 Å². The van der Waals surface area contributed by atoms with Crippen molar-refractivity contribution in [3.8, 4) is 0 Å². The number of carboxylic acid groups (broad SMARTS) is 1. The number of benzene rings is 2. The Balaban J connectivity index is 2.03. The number of carbonyl (C=O) groups is 2. The zero-order valence-electron chi connectivity index (χ0n) is 12.9. The smallest absolute Gasteiger partial charge is 0.416 e. The minimum absolute atomic E-state index is 0.0478. The number of rotatable bonds is 5. The van der Waals surface area contributed by atoms with Crippen LogP contribution >= 0.6 is 0 Å². The average Bonchev–Trinajstić information content (AvgIpc) is 2.54. The molecule has 3 N–H and O–H groups in total. The van der Waals surface area contributed by atoms with Crippen molar-refractivity contribution in [2.75, 3.05) is 5.32 Å². The number of alkyl halides is 3. The van der Waals surface area contributed by atoms with Crippen molar-refractivity contribution in [3.63, 3.8) is 0 Å². The quantitative estimate of drug-likeness (QED) is 0.770.